The lowest BCUT2D eigenvalue weighted by molar-refractivity contribution is -0.121. The molecule has 1 N–H and O–H groups in total. The van der Waals surface area contributed by atoms with Crippen LogP contribution in [0, 0.1) is 0 Å². The SMILES string of the molecule is CN(C)c1cccc(N2C(=O)C(O)=C(c3ccccc3)C2=O)c1. The zero-order valence-electron chi connectivity index (χ0n) is 12.9. The molecule has 0 spiro atoms. The molecule has 0 saturated heterocycles. The van der Waals surface area contributed by atoms with E-state index in [1.165, 1.54) is 0 Å². The highest BCUT2D eigenvalue weighted by molar-refractivity contribution is 6.44. The summed E-state index contributed by atoms with van der Waals surface area (Å²) in [4.78, 5) is 27.9. The molecule has 116 valence electrons. The minimum Gasteiger partial charge on any atom is -0.502 e. The zero-order chi connectivity index (χ0) is 16.6. The fourth-order valence-electron chi connectivity index (χ4n) is 2.53. The predicted octanol–water partition coefficient (Wildman–Crippen LogP) is 2.60. The van der Waals surface area contributed by atoms with Crippen LogP contribution in [-0.4, -0.2) is 31.0 Å². The zero-order valence-corrected chi connectivity index (χ0v) is 12.9. The Balaban J connectivity index is 2.04. The van der Waals surface area contributed by atoms with Gasteiger partial charge in [-0.05, 0) is 23.8 Å². The minimum absolute atomic E-state index is 0.0332. The van der Waals surface area contributed by atoms with Crippen LogP contribution in [0.2, 0.25) is 0 Å². The Morgan fingerprint density at radius 2 is 1.61 bits per heavy atom. The van der Waals surface area contributed by atoms with Gasteiger partial charge in [0.1, 0.15) is 0 Å². The molecule has 2 aromatic carbocycles. The van der Waals surface area contributed by atoms with E-state index < -0.39 is 17.6 Å². The number of rotatable bonds is 3. The summed E-state index contributed by atoms with van der Waals surface area (Å²) in [6.45, 7) is 0. The van der Waals surface area contributed by atoms with Crippen LogP contribution in [0.5, 0.6) is 0 Å². The number of anilines is 2. The molecule has 0 fully saturated rings. The monoisotopic (exact) mass is 308 g/mol. The summed E-state index contributed by atoms with van der Waals surface area (Å²) in [5, 5.41) is 10.1. The second-order valence-corrected chi connectivity index (χ2v) is 5.45. The van der Waals surface area contributed by atoms with Gasteiger partial charge < -0.3 is 10.0 Å². The number of nitrogens with zero attached hydrogens (tertiary/aromatic N) is 2. The molecule has 0 radical (unpaired) electrons. The maximum absolute atomic E-state index is 12.7. The van der Waals surface area contributed by atoms with Crippen molar-refractivity contribution in [2.45, 2.75) is 0 Å². The summed E-state index contributed by atoms with van der Waals surface area (Å²) in [5.74, 6) is -1.74. The Morgan fingerprint density at radius 3 is 2.26 bits per heavy atom. The molecule has 0 atom stereocenters. The molecule has 5 heteroatoms. The minimum atomic E-state index is -0.704. The first-order valence-electron chi connectivity index (χ1n) is 7.15. The van der Waals surface area contributed by atoms with E-state index in [4.69, 9.17) is 0 Å². The van der Waals surface area contributed by atoms with Gasteiger partial charge in [0.2, 0.25) is 0 Å². The highest BCUT2D eigenvalue weighted by Crippen LogP contribution is 2.32. The fraction of sp³-hybridized carbons (Fsp3) is 0.111. The van der Waals surface area contributed by atoms with Gasteiger partial charge in [-0.2, -0.15) is 0 Å². The number of imide groups is 1. The van der Waals surface area contributed by atoms with Gasteiger partial charge in [0.25, 0.3) is 5.91 Å². The Morgan fingerprint density at radius 1 is 0.913 bits per heavy atom. The number of aliphatic hydroxyl groups excluding tert-OH is 1. The van der Waals surface area contributed by atoms with Crippen molar-refractivity contribution in [1.29, 1.82) is 0 Å². The Bertz CT molecular complexity index is 810. The van der Waals surface area contributed by atoms with E-state index in [-0.39, 0.29) is 5.57 Å². The molecule has 0 aromatic heterocycles. The summed E-state index contributed by atoms with van der Waals surface area (Å²) in [6.07, 6.45) is 0. The first-order valence-corrected chi connectivity index (χ1v) is 7.15. The van der Waals surface area contributed by atoms with E-state index in [1.807, 2.05) is 25.1 Å². The lowest BCUT2D eigenvalue weighted by atomic mass is 10.1. The van der Waals surface area contributed by atoms with Gasteiger partial charge in [-0.25, -0.2) is 4.90 Å². The average Bonchev–Trinajstić information content (AvgIpc) is 2.78. The second-order valence-electron chi connectivity index (χ2n) is 5.45. The van der Waals surface area contributed by atoms with Gasteiger partial charge in [-0.15, -0.1) is 0 Å². The molecule has 23 heavy (non-hydrogen) atoms. The molecule has 3 rings (SSSR count). The topological polar surface area (TPSA) is 60.9 Å². The molecule has 0 saturated carbocycles. The van der Waals surface area contributed by atoms with Crippen LogP contribution in [0.3, 0.4) is 0 Å². The van der Waals surface area contributed by atoms with E-state index in [2.05, 4.69) is 0 Å². The van der Waals surface area contributed by atoms with Gasteiger partial charge in [0.05, 0.1) is 11.3 Å². The highest BCUT2D eigenvalue weighted by atomic mass is 16.3. The van der Waals surface area contributed by atoms with Crippen LogP contribution in [-0.2, 0) is 9.59 Å². The van der Waals surface area contributed by atoms with Gasteiger partial charge in [-0.3, -0.25) is 9.59 Å². The smallest absolute Gasteiger partial charge is 0.301 e. The lowest BCUT2D eigenvalue weighted by Crippen LogP contribution is -2.31. The van der Waals surface area contributed by atoms with Crippen molar-refractivity contribution in [1.82, 2.24) is 0 Å². The third kappa shape index (κ3) is 2.46. The largest absolute Gasteiger partial charge is 0.502 e. The molecule has 0 unspecified atom stereocenters. The van der Waals surface area contributed by atoms with Crippen molar-refractivity contribution in [3.63, 3.8) is 0 Å². The third-order valence-corrected chi connectivity index (χ3v) is 3.73. The maximum atomic E-state index is 12.7. The van der Waals surface area contributed by atoms with Crippen LogP contribution in [0.25, 0.3) is 5.57 Å². The van der Waals surface area contributed by atoms with E-state index in [0.29, 0.717) is 11.3 Å². The van der Waals surface area contributed by atoms with Crippen molar-refractivity contribution in [2.75, 3.05) is 23.9 Å². The van der Waals surface area contributed by atoms with Crippen LogP contribution in [0.15, 0.2) is 60.4 Å². The van der Waals surface area contributed by atoms with Crippen molar-refractivity contribution < 1.29 is 14.7 Å². The maximum Gasteiger partial charge on any atom is 0.301 e. The van der Waals surface area contributed by atoms with Crippen molar-refractivity contribution >= 4 is 28.8 Å². The van der Waals surface area contributed by atoms with Crippen molar-refractivity contribution in [2.24, 2.45) is 0 Å². The number of aliphatic hydroxyl groups is 1. The number of carbonyl (C=O) groups excluding carboxylic acids is 2. The van der Waals surface area contributed by atoms with Crippen LogP contribution in [0.1, 0.15) is 5.56 Å². The van der Waals surface area contributed by atoms with Gasteiger partial charge in [0.15, 0.2) is 5.76 Å². The summed E-state index contributed by atoms with van der Waals surface area (Å²) in [7, 11) is 3.75. The molecular formula is C18H16N2O3. The first-order chi connectivity index (χ1) is 11.0. The van der Waals surface area contributed by atoms with Gasteiger partial charge in [-0.1, -0.05) is 36.4 Å². The Kier molecular flexibility index (Phi) is 3.62. The standard InChI is InChI=1S/C18H16N2O3/c1-19(2)13-9-6-10-14(11-13)20-17(22)15(16(21)18(20)23)12-7-4-3-5-8-12/h3-11,21H,1-2H3. The summed E-state index contributed by atoms with van der Waals surface area (Å²) < 4.78 is 0. The van der Waals surface area contributed by atoms with E-state index >= 15 is 0 Å². The Hall–Kier alpha value is -3.08. The van der Waals surface area contributed by atoms with Crippen LogP contribution >= 0.6 is 0 Å². The molecule has 1 aliphatic heterocycles. The number of benzene rings is 2. The highest BCUT2D eigenvalue weighted by Gasteiger charge is 2.40. The van der Waals surface area contributed by atoms with E-state index in [0.717, 1.165) is 10.6 Å². The predicted molar refractivity (Wildman–Crippen MR) is 89.3 cm³/mol. The normalized spacial score (nSPS) is 14.6. The molecule has 1 aliphatic rings. The van der Waals surface area contributed by atoms with Crippen molar-refractivity contribution in [3.05, 3.63) is 65.9 Å². The molecule has 0 bridgehead atoms. The lowest BCUT2D eigenvalue weighted by Gasteiger charge is -2.18. The van der Waals surface area contributed by atoms with Gasteiger partial charge in [0, 0.05) is 19.8 Å². The number of hydrogen-bond donors (Lipinski definition) is 1. The summed E-state index contributed by atoms with van der Waals surface area (Å²) in [5.41, 5.74) is 1.85. The van der Waals surface area contributed by atoms with E-state index in [1.54, 1.807) is 48.5 Å². The van der Waals surface area contributed by atoms with E-state index in [9.17, 15) is 14.7 Å². The third-order valence-electron chi connectivity index (χ3n) is 3.73. The molecule has 2 aromatic rings. The number of amides is 2. The second kappa shape index (κ2) is 5.61. The number of carbonyl (C=O) groups is 2. The quantitative estimate of drug-likeness (QED) is 0.885. The van der Waals surface area contributed by atoms with Gasteiger partial charge >= 0.3 is 5.91 Å². The number of hydrogen-bond acceptors (Lipinski definition) is 4. The molecule has 1 heterocycles. The van der Waals surface area contributed by atoms with Crippen molar-refractivity contribution in [3.8, 4) is 0 Å². The van der Waals surface area contributed by atoms with Crippen LogP contribution in [0.4, 0.5) is 11.4 Å². The molecule has 0 aliphatic carbocycles. The summed E-state index contributed by atoms with van der Waals surface area (Å²) >= 11 is 0. The fourth-order valence-corrected chi connectivity index (χ4v) is 2.53. The molecule has 5 nitrogen and oxygen atoms in total. The molecular weight excluding hydrogens is 292 g/mol. The molecule has 2 amide bonds. The first kappa shape index (κ1) is 14.8. The Labute approximate surface area is 134 Å². The summed E-state index contributed by atoms with van der Waals surface area (Å²) in [6, 6.07) is 15.7. The van der Waals surface area contributed by atoms with Crippen LogP contribution < -0.4 is 9.80 Å². The average molecular weight is 308 g/mol.